The van der Waals surface area contributed by atoms with Crippen molar-refractivity contribution in [2.75, 3.05) is 23.7 Å². The molecule has 1 fully saturated rings. The number of halogens is 3. The lowest BCUT2D eigenvalue weighted by Gasteiger charge is -2.34. The van der Waals surface area contributed by atoms with Crippen LogP contribution in [0.5, 0.6) is 5.75 Å². The zero-order chi connectivity index (χ0) is 33.5. The molecule has 0 bridgehead atoms. The Hall–Kier alpha value is -3.86. The molecule has 1 aromatic carbocycles. The van der Waals surface area contributed by atoms with Gasteiger partial charge < -0.3 is 25.0 Å². The number of alkyl halides is 3. The summed E-state index contributed by atoms with van der Waals surface area (Å²) in [6.45, 7) is 10.4. The van der Waals surface area contributed by atoms with E-state index in [1.165, 1.54) is 6.08 Å². The fourth-order valence-corrected chi connectivity index (χ4v) is 5.28. The molecule has 2 N–H and O–H groups in total. The van der Waals surface area contributed by atoms with Gasteiger partial charge in [-0.05, 0) is 108 Å². The molecular weight excluding hydrogens is 597 g/mol. The number of carbonyl (C=O) groups excluding carboxylic acids is 2. The van der Waals surface area contributed by atoms with Crippen LogP contribution in [0.2, 0.25) is 0 Å². The Morgan fingerprint density at radius 3 is 2.28 bits per heavy atom. The van der Waals surface area contributed by atoms with Gasteiger partial charge >= 0.3 is 6.18 Å². The van der Waals surface area contributed by atoms with Gasteiger partial charge in [0.2, 0.25) is 5.91 Å². The van der Waals surface area contributed by atoms with Gasteiger partial charge in [-0.15, -0.1) is 0 Å². The lowest BCUT2D eigenvalue weighted by Crippen LogP contribution is -2.41. The van der Waals surface area contributed by atoms with E-state index in [1.807, 2.05) is 6.08 Å². The number of ether oxygens (including phenoxy) is 2. The van der Waals surface area contributed by atoms with Crippen LogP contribution in [0.4, 0.5) is 24.5 Å². The third-order valence-electron chi connectivity index (χ3n) is 8.46. The van der Waals surface area contributed by atoms with E-state index in [0.717, 1.165) is 45.4 Å². The lowest BCUT2D eigenvalue weighted by atomic mass is 9.88. The van der Waals surface area contributed by atoms with Crippen LogP contribution in [-0.4, -0.2) is 59.2 Å². The molecule has 46 heavy (non-hydrogen) atoms. The standard InChI is InChI=1S/C35H45F3N4O4/c1-23(2)42-19-17-28(18-20-42)46-29-15-16-30(39-22-29)33(44)41-27-13-11-26(12-14-27)40-32(43)8-6-7-25-10-9-24(3)45-31(21-25)34(4,5)35(36,37)38/h10-16,21-24,28H,6-9,17-20H2,1-5H3,(H,40,43)(H,41,44). The molecule has 3 heterocycles. The number of likely N-dealkylation sites (tertiary alicyclic amines) is 1. The lowest BCUT2D eigenvalue weighted by molar-refractivity contribution is -0.211. The van der Waals surface area contributed by atoms with Gasteiger partial charge in [-0.1, -0.05) is 6.08 Å². The minimum absolute atomic E-state index is 0.109. The zero-order valence-electron chi connectivity index (χ0n) is 27.2. The topological polar surface area (TPSA) is 92.8 Å². The number of nitrogens with one attached hydrogen (secondary N) is 2. The maximum Gasteiger partial charge on any atom is 0.400 e. The van der Waals surface area contributed by atoms with Gasteiger partial charge in [-0.3, -0.25) is 9.59 Å². The summed E-state index contributed by atoms with van der Waals surface area (Å²) in [5.74, 6) is -0.0481. The van der Waals surface area contributed by atoms with Gasteiger partial charge in [0, 0.05) is 43.3 Å². The number of rotatable bonds is 11. The van der Waals surface area contributed by atoms with Crippen molar-refractivity contribution in [1.29, 1.82) is 0 Å². The van der Waals surface area contributed by atoms with E-state index in [1.54, 1.807) is 49.5 Å². The third kappa shape index (κ3) is 9.57. The number of pyridine rings is 1. The normalized spacial score (nSPS) is 18.2. The highest BCUT2D eigenvalue weighted by molar-refractivity contribution is 6.03. The summed E-state index contributed by atoms with van der Waals surface area (Å²) >= 11 is 0. The van der Waals surface area contributed by atoms with E-state index < -0.39 is 11.6 Å². The van der Waals surface area contributed by atoms with E-state index in [2.05, 4.69) is 34.4 Å². The number of aromatic nitrogens is 1. The Bertz CT molecular complexity index is 1390. The maximum atomic E-state index is 13.6. The Balaban J connectivity index is 1.22. The Morgan fingerprint density at radius 1 is 1.04 bits per heavy atom. The summed E-state index contributed by atoms with van der Waals surface area (Å²) in [4.78, 5) is 32.0. The number of allylic oxidation sites excluding steroid dienone is 3. The molecule has 8 nitrogen and oxygen atoms in total. The number of hydrogen-bond donors (Lipinski definition) is 2. The van der Waals surface area contributed by atoms with Gasteiger partial charge in [-0.25, -0.2) is 4.98 Å². The van der Waals surface area contributed by atoms with Crippen molar-refractivity contribution < 1.29 is 32.2 Å². The SMILES string of the molecule is CC1CC=C(CCCC(=O)Nc2ccc(NC(=O)c3ccc(OC4CCN(C(C)C)CC4)cn3)cc2)C=C(C(C)(C)C(F)(F)F)O1. The van der Waals surface area contributed by atoms with Crippen molar-refractivity contribution in [1.82, 2.24) is 9.88 Å². The second-order valence-electron chi connectivity index (χ2n) is 12.8. The molecule has 0 aliphatic carbocycles. The first kappa shape index (κ1) is 35.0. The second kappa shape index (κ2) is 15.2. The van der Waals surface area contributed by atoms with Crippen molar-refractivity contribution in [2.24, 2.45) is 5.41 Å². The molecule has 2 aliphatic rings. The molecule has 2 aromatic rings. The van der Waals surface area contributed by atoms with Crippen LogP contribution in [0.1, 0.15) is 83.6 Å². The van der Waals surface area contributed by atoms with Gasteiger partial charge in [0.05, 0.1) is 12.3 Å². The van der Waals surface area contributed by atoms with Crippen LogP contribution in [0.25, 0.3) is 0 Å². The summed E-state index contributed by atoms with van der Waals surface area (Å²) < 4.78 is 52.5. The second-order valence-corrected chi connectivity index (χ2v) is 12.8. The molecule has 0 radical (unpaired) electrons. The van der Waals surface area contributed by atoms with Crippen molar-refractivity contribution in [2.45, 2.75) is 97.6 Å². The number of carbonyl (C=O) groups is 2. The van der Waals surface area contributed by atoms with Crippen LogP contribution >= 0.6 is 0 Å². The van der Waals surface area contributed by atoms with Crippen LogP contribution in [0.15, 0.2) is 66.1 Å². The molecule has 1 aromatic heterocycles. The van der Waals surface area contributed by atoms with E-state index in [0.29, 0.717) is 42.4 Å². The molecule has 1 atom stereocenters. The molecule has 2 aliphatic heterocycles. The predicted molar refractivity (Wildman–Crippen MR) is 173 cm³/mol. The predicted octanol–water partition coefficient (Wildman–Crippen LogP) is 7.90. The first-order chi connectivity index (χ1) is 21.7. The minimum Gasteiger partial charge on any atom is -0.494 e. The zero-order valence-corrected chi connectivity index (χ0v) is 27.2. The first-order valence-electron chi connectivity index (χ1n) is 15.9. The van der Waals surface area contributed by atoms with E-state index in [4.69, 9.17) is 9.47 Å². The molecule has 4 rings (SSSR count). The molecule has 1 unspecified atom stereocenters. The molecule has 0 spiro atoms. The van der Waals surface area contributed by atoms with Crippen LogP contribution in [0.3, 0.4) is 0 Å². The number of benzene rings is 1. The van der Waals surface area contributed by atoms with Crippen LogP contribution in [-0.2, 0) is 9.53 Å². The van der Waals surface area contributed by atoms with E-state index >= 15 is 0 Å². The molecule has 11 heteroatoms. The smallest absolute Gasteiger partial charge is 0.400 e. The third-order valence-corrected chi connectivity index (χ3v) is 8.46. The van der Waals surface area contributed by atoms with Gasteiger partial charge in [0.15, 0.2) is 0 Å². The van der Waals surface area contributed by atoms with Crippen molar-refractivity contribution in [3.63, 3.8) is 0 Å². The Labute approximate surface area is 269 Å². The molecule has 1 saturated heterocycles. The monoisotopic (exact) mass is 642 g/mol. The molecule has 250 valence electrons. The van der Waals surface area contributed by atoms with E-state index in [-0.39, 0.29) is 41.9 Å². The average Bonchev–Trinajstić information content (AvgIpc) is 3.19. The maximum absolute atomic E-state index is 13.6. The summed E-state index contributed by atoms with van der Waals surface area (Å²) in [5.41, 5.74) is -0.0268. The summed E-state index contributed by atoms with van der Waals surface area (Å²) in [6.07, 6.45) is 3.74. The number of amides is 2. The highest BCUT2D eigenvalue weighted by atomic mass is 19.4. The number of hydrogen-bond acceptors (Lipinski definition) is 6. The Morgan fingerprint density at radius 2 is 1.70 bits per heavy atom. The van der Waals surface area contributed by atoms with Crippen molar-refractivity contribution >= 4 is 23.2 Å². The van der Waals surface area contributed by atoms with Crippen LogP contribution in [0, 0.1) is 5.41 Å². The highest BCUT2D eigenvalue weighted by Gasteiger charge is 2.51. The summed E-state index contributed by atoms with van der Waals surface area (Å²) in [7, 11) is 0. The molecular formula is C35H45F3N4O4. The number of piperidine rings is 1. The molecule has 0 saturated carbocycles. The number of anilines is 2. The quantitative estimate of drug-likeness (QED) is 0.259. The Kier molecular flexibility index (Phi) is 11.5. The van der Waals surface area contributed by atoms with Gasteiger partial charge in [-0.2, -0.15) is 13.2 Å². The summed E-state index contributed by atoms with van der Waals surface area (Å²) in [6, 6.07) is 10.7. The molecule has 2 amide bonds. The average molecular weight is 643 g/mol. The fraction of sp³-hybridized carbons (Fsp3) is 0.514. The van der Waals surface area contributed by atoms with Crippen LogP contribution < -0.4 is 15.4 Å². The fourth-order valence-electron chi connectivity index (χ4n) is 5.28. The highest BCUT2D eigenvalue weighted by Crippen LogP contribution is 2.45. The van der Waals surface area contributed by atoms with Crippen molar-refractivity contribution in [3.05, 3.63) is 71.8 Å². The minimum atomic E-state index is -4.45. The van der Waals surface area contributed by atoms with Gasteiger partial charge in [0.25, 0.3) is 5.91 Å². The van der Waals surface area contributed by atoms with E-state index in [9.17, 15) is 22.8 Å². The largest absolute Gasteiger partial charge is 0.494 e. The first-order valence-corrected chi connectivity index (χ1v) is 15.9. The van der Waals surface area contributed by atoms with Gasteiger partial charge in [0.1, 0.15) is 28.7 Å². The summed E-state index contributed by atoms with van der Waals surface area (Å²) in [5, 5.41) is 5.63. The van der Waals surface area contributed by atoms with Crippen molar-refractivity contribution in [3.8, 4) is 5.75 Å². The number of nitrogens with zero attached hydrogens (tertiary/aromatic N) is 2.